The number of hydrogen-bond acceptors (Lipinski definition) is 5. The average Bonchev–Trinajstić information content (AvgIpc) is 3.48. The van der Waals surface area contributed by atoms with E-state index in [0.29, 0.717) is 45.9 Å². The highest BCUT2D eigenvalue weighted by atomic mass is 16.6. The van der Waals surface area contributed by atoms with Gasteiger partial charge in [-0.25, -0.2) is 0 Å². The summed E-state index contributed by atoms with van der Waals surface area (Å²) in [6.07, 6.45) is 0.655. The summed E-state index contributed by atoms with van der Waals surface area (Å²) in [5.41, 5.74) is 4.22. The Balaban J connectivity index is 1.27. The monoisotopic (exact) mass is 420 g/mol. The van der Waals surface area contributed by atoms with Crippen molar-refractivity contribution in [3.05, 3.63) is 82.9 Å². The third-order valence-electron chi connectivity index (χ3n) is 6.37. The highest BCUT2D eigenvalue weighted by Crippen LogP contribution is 2.40. The van der Waals surface area contributed by atoms with Gasteiger partial charge in [0.2, 0.25) is 0 Å². The number of fused-ring (bicyclic) bond motifs is 1. The largest absolute Gasteiger partial charge is 0.376 e. The minimum Gasteiger partial charge on any atom is -0.376 e. The lowest BCUT2D eigenvalue weighted by Gasteiger charge is -2.19. The van der Waals surface area contributed by atoms with Crippen molar-refractivity contribution < 1.29 is 23.7 Å². The maximum absolute atomic E-state index is 12.7. The molecule has 5 rings (SSSR count). The molecule has 0 saturated carbocycles. The molecule has 0 amide bonds. The van der Waals surface area contributed by atoms with Crippen LogP contribution in [0.5, 0.6) is 0 Å². The minimum atomic E-state index is -0.236. The summed E-state index contributed by atoms with van der Waals surface area (Å²) >= 11 is 0. The van der Waals surface area contributed by atoms with Gasteiger partial charge in [0, 0.05) is 24.3 Å². The molecule has 0 radical (unpaired) electrons. The topological polar surface area (TPSA) is 54.0 Å². The van der Waals surface area contributed by atoms with Crippen LogP contribution in [0.3, 0.4) is 0 Å². The van der Waals surface area contributed by atoms with E-state index in [1.807, 2.05) is 48.5 Å². The Morgan fingerprint density at radius 1 is 0.935 bits per heavy atom. The Kier molecular flexibility index (Phi) is 6.27. The Bertz CT molecular complexity index is 923. The van der Waals surface area contributed by atoms with Gasteiger partial charge >= 0.3 is 0 Å². The fourth-order valence-electron chi connectivity index (χ4n) is 4.78. The second-order valence-corrected chi connectivity index (χ2v) is 8.51. The summed E-state index contributed by atoms with van der Waals surface area (Å²) in [6.45, 7) is 2.68. The molecule has 2 aromatic rings. The molecule has 2 aliphatic heterocycles. The van der Waals surface area contributed by atoms with Crippen molar-refractivity contribution >= 4 is 5.78 Å². The van der Waals surface area contributed by atoms with Crippen LogP contribution in [0.4, 0.5) is 0 Å². The van der Waals surface area contributed by atoms with Gasteiger partial charge in [0.1, 0.15) is 6.10 Å². The molecule has 2 heterocycles. The van der Waals surface area contributed by atoms with Crippen molar-refractivity contribution in [1.82, 2.24) is 0 Å². The van der Waals surface area contributed by atoms with E-state index in [9.17, 15) is 4.79 Å². The van der Waals surface area contributed by atoms with Gasteiger partial charge in [0.25, 0.3) is 0 Å². The number of Topliss-reactive ketones (excluding diaryl/α,β-unsaturated/α-hetero) is 1. The lowest BCUT2D eigenvalue weighted by molar-refractivity contribution is -0.117. The Morgan fingerprint density at radius 2 is 1.65 bits per heavy atom. The molecule has 3 aliphatic rings. The summed E-state index contributed by atoms with van der Waals surface area (Å²) in [6, 6.07) is 20.2. The summed E-state index contributed by atoms with van der Waals surface area (Å²) in [7, 11) is 0. The van der Waals surface area contributed by atoms with Gasteiger partial charge in [0.05, 0.1) is 45.2 Å². The zero-order chi connectivity index (χ0) is 21.0. The number of ether oxygens (including phenoxy) is 4. The fourth-order valence-corrected chi connectivity index (χ4v) is 4.78. The Labute approximate surface area is 183 Å². The molecular formula is C26H28O5. The molecule has 0 bridgehead atoms. The molecule has 0 N–H and O–H groups in total. The van der Waals surface area contributed by atoms with Crippen molar-refractivity contribution in [1.29, 1.82) is 0 Å². The third-order valence-corrected chi connectivity index (χ3v) is 6.37. The van der Waals surface area contributed by atoms with Gasteiger partial charge in [-0.1, -0.05) is 60.7 Å². The molecule has 31 heavy (non-hydrogen) atoms. The van der Waals surface area contributed by atoms with Gasteiger partial charge < -0.3 is 18.9 Å². The highest BCUT2D eigenvalue weighted by Gasteiger charge is 2.45. The molecule has 5 nitrogen and oxygen atoms in total. The van der Waals surface area contributed by atoms with Crippen LogP contribution in [0, 0.1) is 5.92 Å². The van der Waals surface area contributed by atoms with E-state index in [1.165, 1.54) is 0 Å². The first-order valence-electron chi connectivity index (χ1n) is 11.0. The lowest BCUT2D eigenvalue weighted by Crippen LogP contribution is -2.29. The van der Waals surface area contributed by atoms with Crippen LogP contribution in [0.15, 0.2) is 71.8 Å². The minimum absolute atomic E-state index is 0.122. The standard InChI is InChI=1S/C26H28O5/c27-22-11-20-15-29-16-21(20)26(22)24-12-23(30-14-19-9-5-2-6-10-19)25(31-24)17-28-13-18-7-3-1-4-8-18/h1-10,20,23-25H,11-17H2/t20-,23-,24+,25+/m0/s1. The van der Waals surface area contributed by atoms with Gasteiger partial charge in [-0.15, -0.1) is 0 Å². The molecule has 0 aromatic heterocycles. The van der Waals surface area contributed by atoms with E-state index < -0.39 is 0 Å². The molecule has 4 atom stereocenters. The first-order chi connectivity index (χ1) is 15.3. The summed E-state index contributed by atoms with van der Waals surface area (Å²) in [5.74, 6) is 0.448. The summed E-state index contributed by atoms with van der Waals surface area (Å²) in [5, 5.41) is 0. The molecule has 2 aromatic carbocycles. The van der Waals surface area contributed by atoms with E-state index >= 15 is 0 Å². The van der Waals surface area contributed by atoms with Crippen LogP contribution in [0.1, 0.15) is 24.0 Å². The van der Waals surface area contributed by atoms with Crippen molar-refractivity contribution in [2.24, 2.45) is 5.92 Å². The molecule has 1 aliphatic carbocycles. The molecular weight excluding hydrogens is 392 g/mol. The van der Waals surface area contributed by atoms with Gasteiger partial charge in [-0.3, -0.25) is 4.79 Å². The quantitative estimate of drug-likeness (QED) is 0.649. The first kappa shape index (κ1) is 20.6. The first-order valence-corrected chi connectivity index (χ1v) is 11.0. The van der Waals surface area contributed by atoms with E-state index in [0.717, 1.165) is 22.3 Å². The Morgan fingerprint density at radius 3 is 2.39 bits per heavy atom. The van der Waals surface area contributed by atoms with Crippen molar-refractivity contribution in [3.8, 4) is 0 Å². The van der Waals surface area contributed by atoms with Crippen LogP contribution in [-0.2, 0) is 37.0 Å². The van der Waals surface area contributed by atoms with Crippen LogP contribution in [-0.4, -0.2) is 43.9 Å². The van der Waals surface area contributed by atoms with Gasteiger partial charge in [-0.2, -0.15) is 0 Å². The van der Waals surface area contributed by atoms with Crippen molar-refractivity contribution in [2.45, 2.75) is 44.4 Å². The van der Waals surface area contributed by atoms with Crippen LogP contribution >= 0.6 is 0 Å². The number of carbonyl (C=O) groups excluding carboxylic acids is 1. The van der Waals surface area contributed by atoms with E-state index in [2.05, 4.69) is 12.1 Å². The maximum Gasteiger partial charge on any atom is 0.162 e. The molecule has 2 saturated heterocycles. The lowest BCUT2D eigenvalue weighted by atomic mass is 10.00. The zero-order valence-electron chi connectivity index (χ0n) is 17.6. The fraction of sp³-hybridized carbons (Fsp3) is 0.423. The number of rotatable bonds is 8. The number of benzene rings is 2. The number of ketones is 1. The van der Waals surface area contributed by atoms with E-state index in [4.69, 9.17) is 18.9 Å². The Hall–Kier alpha value is -2.31. The SMILES string of the molecule is O=C1C[C@H]2COCC2=C1[C@H]1C[C@H](OCc2ccccc2)[C@@H](COCc2ccccc2)O1. The predicted molar refractivity (Wildman–Crippen MR) is 115 cm³/mol. The maximum atomic E-state index is 12.7. The predicted octanol–water partition coefficient (Wildman–Crippen LogP) is 3.86. The molecule has 2 fully saturated rings. The van der Waals surface area contributed by atoms with E-state index in [1.54, 1.807) is 0 Å². The second-order valence-electron chi connectivity index (χ2n) is 8.51. The second kappa shape index (κ2) is 9.45. The summed E-state index contributed by atoms with van der Waals surface area (Å²) < 4.78 is 24.2. The van der Waals surface area contributed by atoms with Crippen LogP contribution in [0.2, 0.25) is 0 Å². The molecule has 162 valence electrons. The average molecular weight is 421 g/mol. The molecule has 0 spiro atoms. The van der Waals surface area contributed by atoms with Crippen LogP contribution < -0.4 is 0 Å². The van der Waals surface area contributed by atoms with Crippen molar-refractivity contribution in [2.75, 3.05) is 19.8 Å². The summed E-state index contributed by atoms with van der Waals surface area (Å²) in [4.78, 5) is 12.7. The van der Waals surface area contributed by atoms with Gasteiger partial charge in [0.15, 0.2) is 5.78 Å². The van der Waals surface area contributed by atoms with Gasteiger partial charge in [-0.05, 0) is 16.7 Å². The third kappa shape index (κ3) is 4.65. The molecule has 5 heteroatoms. The van der Waals surface area contributed by atoms with E-state index in [-0.39, 0.29) is 30.0 Å². The van der Waals surface area contributed by atoms with Crippen molar-refractivity contribution in [3.63, 3.8) is 0 Å². The highest BCUT2D eigenvalue weighted by molar-refractivity contribution is 6.00. The zero-order valence-corrected chi connectivity index (χ0v) is 17.6. The molecule has 0 unspecified atom stereocenters. The number of hydrogen-bond donors (Lipinski definition) is 0. The smallest absolute Gasteiger partial charge is 0.162 e. The normalized spacial score (nSPS) is 27.8. The number of carbonyl (C=O) groups is 1. The van der Waals surface area contributed by atoms with Crippen LogP contribution in [0.25, 0.3) is 0 Å².